The first kappa shape index (κ1) is 19.0. The van der Waals surface area contributed by atoms with E-state index in [2.05, 4.69) is 12.2 Å². The summed E-state index contributed by atoms with van der Waals surface area (Å²) in [6.45, 7) is 6.29. The number of carbonyl (C=O) groups excluding carboxylic acids is 1. The zero-order valence-corrected chi connectivity index (χ0v) is 14.3. The Morgan fingerprint density at radius 1 is 1.17 bits per heavy atom. The topological polar surface area (TPSA) is 56.8 Å². The average molecular weight is 321 g/mol. The van der Waals surface area contributed by atoms with Crippen LogP contribution < -0.4 is 14.8 Å². The van der Waals surface area contributed by atoms with Crippen LogP contribution in [0.3, 0.4) is 0 Å². The first-order valence-electron chi connectivity index (χ1n) is 8.05. The molecule has 5 nitrogen and oxygen atoms in total. The third-order valence-corrected chi connectivity index (χ3v) is 3.06. The molecule has 1 aromatic carbocycles. The Kier molecular flexibility index (Phi) is 9.55. The third kappa shape index (κ3) is 7.70. The van der Waals surface area contributed by atoms with Gasteiger partial charge in [-0.2, -0.15) is 0 Å². The zero-order valence-electron chi connectivity index (χ0n) is 14.3. The summed E-state index contributed by atoms with van der Waals surface area (Å²) >= 11 is 0. The molecule has 1 amide bonds. The number of carbonyl (C=O) groups is 1. The maximum absolute atomic E-state index is 11.6. The quantitative estimate of drug-likeness (QED) is 0.503. The summed E-state index contributed by atoms with van der Waals surface area (Å²) in [5, 5.41) is 2.73. The normalized spacial score (nSPS) is 10.7. The van der Waals surface area contributed by atoms with Crippen LogP contribution in [0, 0.1) is 0 Å². The van der Waals surface area contributed by atoms with Crippen molar-refractivity contribution in [3.05, 3.63) is 29.8 Å². The van der Waals surface area contributed by atoms with E-state index in [0.29, 0.717) is 32.1 Å². The van der Waals surface area contributed by atoms with Crippen molar-refractivity contribution in [2.75, 3.05) is 33.5 Å². The second-order valence-electron chi connectivity index (χ2n) is 4.96. The molecule has 1 rings (SSSR count). The lowest BCUT2D eigenvalue weighted by molar-refractivity contribution is -0.116. The van der Waals surface area contributed by atoms with Crippen LogP contribution in [0.25, 0.3) is 6.08 Å². The Labute approximate surface area is 138 Å². The van der Waals surface area contributed by atoms with Crippen LogP contribution in [-0.2, 0) is 9.53 Å². The van der Waals surface area contributed by atoms with Gasteiger partial charge in [0, 0.05) is 19.7 Å². The van der Waals surface area contributed by atoms with E-state index in [1.165, 1.54) is 6.08 Å². The van der Waals surface area contributed by atoms with Gasteiger partial charge in [0.1, 0.15) is 0 Å². The molecule has 23 heavy (non-hydrogen) atoms. The summed E-state index contributed by atoms with van der Waals surface area (Å²) < 4.78 is 16.2. The average Bonchev–Trinajstić information content (AvgIpc) is 2.55. The highest BCUT2D eigenvalue weighted by molar-refractivity contribution is 5.91. The summed E-state index contributed by atoms with van der Waals surface area (Å²) in [7, 11) is 1.60. The maximum atomic E-state index is 11.6. The van der Waals surface area contributed by atoms with Crippen molar-refractivity contribution in [1.29, 1.82) is 0 Å². The first-order valence-corrected chi connectivity index (χ1v) is 8.05. The molecule has 0 spiro atoms. The van der Waals surface area contributed by atoms with E-state index in [4.69, 9.17) is 14.2 Å². The van der Waals surface area contributed by atoms with E-state index in [1.54, 1.807) is 13.2 Å². The number of methoxy groups -OCH3 is 1. The van der Waals surface area contributed by atoms with E-state index in [1.807, 2.05) is 25.1 Å². The summed E-state index contributed by atoms with van der Waals surface area (Å²) in [5.41, 5.74) is 0.887. The monoisotopic (exact) mass is 321 g/mol. The fraction of sp³-hybridized carbons (Fsp3) is 0.500. The van der Waals surface area contributed by atoms with Crippen LogP contribution in [0.5, 0.6) is 11.5 Å². The predicted octanol–water partition coefficient (Wildman–Crippen LogP) is 3.04. The first-order chi connectivity index (χ1) is 11.2. The number of hydrogen-bond acceptors (Lipinski definition) is 4. The third-order valence-electron chi connectivity index (χ3n) is 3.06. The number of unbranched alkanes of at least 4 members (excludes halogenated alkanes) is 1. The van der Waals surface area contributed by atoms with Gasteiger partial charge in [-0.25, -0.2) is 0 Å². The molecule has 0 saturated carbocycles. The van der Waals surface area contributed by atoms with Crippen LogP contribution in [0.1, 0.15) is 32.3 Å². The van der Waals surface area contributed by atoms with Gasteiger partial charge in [-0.3, -0.25) is 4.79 Å². The highest BCUT2D eigenvalue weighted by Crippen LogP contribution is 2.29. The molecule has 5 heteroatoms. The lowest BCUT2D eigenvalue weighted by Gasteiger charge is -2.12. The molecule has 0 heterocycles. The standard InChI is InChI=1S/C18H27NO4/c1-4-6-12-23-16-9-7-15(14-17(16)22-5-2)8-10-18(20)19-11-13-21-3/h7-10,14H,4-6,11-13H2,1-3H3,(H,19,20)/b10-8+. The molecule has 0 bridgehead atoms. The van der Waals surface area contributed by atoms with Gasteiger partial charge in [0.15, 0.2) is 11.5 Å². The highest BCUT2D eigenvalue weighted by atomic mass is 16.5. The molecule has 0 saturated heterocycles. The lowest BCUT2D eigenvalue weighted by Crippen LogP contribution is -2.24. The number of rotatable bonds is 11. The molecule has 0 fully saturated rings. The van der Waals surface area contributed by atoms with Crippen molar-refractivity contribution in [2.45, 2.75) is 26.7 Å². The van der Waals surface area contributed by atoms with Crippen molar-refractivity contribution in [2.24, 2.45) is 0 Å². The van der Waals surface area contributed by atoms with Crippen molar-refractivity contribution in [3.63, 3.8) is 0 Å². The van der Waals surface area contributed by atoms with Crippen molar-refractivity contribution in [3.8, 4) is 11.5 Å². The van der Waals surface area contributed by atoms with Crippen LogP contribution in [-0.4, -0.2) is 39.4 Å². The second kappa shape index (κ2) is 11.5. The molecular weight excluding hydrogens is 294 g/mol. The molecule has 0 aromatic heterocycles. The van der Waals surface area contributed by atoms with E-state index < -0.39 is 0 Å². The Morgan fingerprint density at radius 3 is 2.70 bits per heavy atom. The molecule has 1 N–H and O–H groups in total. The minimum absolute atomic E-state index is 0.150. The van der Waals surface area contributed by atoms with Crippen LogP contribution >= 0.6 is 0 Å². The number of ether oxygens (including phenoxy) is 3. The smallest absolute Gasteiger partial charge is 0.244 e. The van der Waals surface area contributed by atoms with Gasteiger partial charge in [-0.05, 0) is 37.1 Å². The van der Waals surface area contributed by atoms with Gasteiger partial charge in [0.25, 0.3) is 0 Å². The van der Waals surface area contributed by atoms with Crippen LogP contribution in [0.4, 0.5) is 0 Å². The van der Waals surface area contributed by atoms with Gasteiger partial charge in [-0.1, -0.05) is 19.4 Å². The SMILES string of the molecule is CCCCOc1ccc(/C=C/C(=O)NCCOC)cc1OCC. The largest absolute Gasteiger partial charge is 0.490 e. The van der Waals surface area contributed by atoms with Gasteiger partial charge in [0.2, 0.25) is 5.91 Å². The maximum Gasteiger partial charge on any atom is 0.244 e. The molecule has 0 aliphatic heterocycles. The summed E-state index contributed by atoms with van der Waals surface area (Å²) in [4.78, 5) is 11.6. The fourth-order valence-corrected chi connectivity index (χ4v) is 1.85. The predicted molar refractivity (Wildman–Crippen MR) is 91.9 cm³/mol. The van der Waals surface area contributed by atoms with Crippen molar-refractivity contribution < 1.29 is 19.0 Å². The molecule has 0 unspecified atom stereocenters. The number of nitrogens with one attached hydrogen (secondary N) is 1. The van der Waals surface area contributed by atoms with Crippen LogP contribution in [0.15, 0.2) is 24.3 Å². The van der Waals surface area contributed by atoms with Gasteiger partial charge in [-0.15, -0.1) is 0 Å². The number of amides is 1. The summed E-state index contributed by atoms with van der Waals surface area (Å²) in [6, 6.07) is 5.66. The second-order valence-corrected chi connectivity index (χ2v) is 4.96. The van der Waals surface area contributed by atoms with E-state index in [-0.39, 0.29) is 5.91 Å². The molecular formula is C18H27NO4. The summed E-state index contributed by atoms with van der Waals surface area (Å²) in [6.07, 6.45) is 5.34. The van der Waals surface area contributed by atoms with Gasteiger partial charge < -0.3 is 19.5 Å². The molecule has 0 aliphatic carbocycles. The molecule has 0 atom stereocenters. The van der Waals surface area contributed by atoms with Crippen molar-refractivity contribution >= 4 is 12.0 Å². The minimum atomic E-state index is -0.150. The van der Waals surface area contributed by atoms with Crippen molar-refractivity contribution in [1.82, 2.24) is 5.32 Å². The Bertz CT molecular complexity index is 500. The van der Waals surface area contributed by atoms with Crippen LogP contribution in [0.2, 0.25) is 0 Å². The van der Waals surface area contributed by atoms with Gasteiger partial charge in [0.05, 0.1) is 19.8 Å². The summed E-state index contributed by atoms with van der Waals surface area (Å²) in [5.74, 6) is 1.29. The number of hydrogen-bond donors (Lipinski definition) is 1. The Hall–Kier alpha value is -2.01. The molecule has 1 aromatic rings. The van der Waals surface area contributed by atoms with E-state index >= 15 is 0 Å². The van der Waals surface area contributed by atoms with Gasteiger partial charge >= 0.3 is 0 Å². The Morgan fingerprint density at radius 2 is 2.00 bits per heavy atom. The Balaban J connectivity index is 2.68. The number of benzene rings is 1. The lowest BCUT2D eigenvalue weighted by atomic mass is 10.2. The van der Waals surface area contributed by atoms with E-state index in [9.17, 15) is 4.79 Å². The van der Waals surface area contributed by atoms with E-state index in [0.717, 1.165) is 24.2 Å². The highest BCUT2D eigenvalue weighted by Gasteiger charge is 2.05. The zero-order chi connectivity index (χ0) is 16.9. The molecule has 128 valence electrons. The fourth-order valence-electron chi connectivity index (χ4n) is 1.85. The minimum Gasteiger partial charge on any atom is -0.490 e. The molecule has 0 radical (unpaired) electrons. The molecule has 0 aliphatic rings.